The van der Waals surface area contributed by atoms with Crippen LogP contribution < -0.4 is 5.73 Å². The van der Waals surface area contributed by atoms with Crippen LogP contribution in [0.15, 0.2) is 58.7 Å². The van der Waals surface area contributed by atoms with Gasteiger partial charge in [0.25, 0.3) is 0 Å². The Morgan fingerprint density at radius 3 is 2.76 bits per heavy atom. The fourth-order valence-corrected chi connectivity index (χ4v) is 2.27. The van der Waals surface area contributed by atoms with Gasteiger partial charge in [0.1, 0.15) is 5.82 Å². The molecule has 2 rings (SSSR count). The van der Waals surface area contributed by atoms with Crippen LogP contribution in [0.4, 0.5) is 4.39 Å². The standard InChI is InChI=1S/C16H16FN3S/c1-12-7-8-15(17)9-14(12)10-19-20-16(18)21-11-13-5-3-2-4-6-13/h2-10H,11H2,1H3,(H2,18,20). The van der Waals surface area contributed by atoms with Gasteiger partial charge in [-0.15, -0.1) is 5.10 Å². The van der Waals surface area contributed by atoms with E-state index in [2.05, 4.69) is 10.2 Å². The third-order valence-corrected chi connectivity index (χ3v) is 3.68. The van der Waals surface area contributed by atoms with Crippen molar-refractivity contribution in [2.45, 2.75) is 12.7 Å². The number of benzene rings is 2. The molecule has 0 aliphatic heterocycles. The molecule has 0 unspecified atom stereocenters. The number of hydrogen-bond acceptors (Lipinski definition) is 3. The number of nitrogens with zero attached hydrogens (tertiary/aromatic N) is 2. The molecule has 0 aromatic heterocycles. The zero-order valence-electron chi connectivity index (χ0n) is 11.7. The first-order valence-corrected chi connectivity index (χ1v) is 7.43. The minimum absolute atomic E-state index is 0.294. The molecule has 0 spiro atoms. The molecule has 0 radical (unpaired) electrons. The molecule has 2 aromatic rings. The second-order valence-electron chi connectivity index (χ2n) is 4.46. The minimum Gasteiger partial charge on any atom is -0.377 e. The lowest BCUT2D eigenvalue weighted by Gasteiger charge is -2.00. The fourth-order valence-electron chi connectivity index (χ4n) is 1.66. The van der Waals surface area contributed by atoms with Crippen LogP contribution in [-0.2, 0) is 5.75 Å². The van der Waals surface area contributed by atoms with Gasteiger partial charge in [0.05, 0.1) is 6.21 Å². The Balaban J connectivity index is 1.93. The number of rotatable bonds is 4. The normalized spacial score (nSPS) is 12.0. The maximum absolute atomic E-state index is 13.1. The van der Waals surface area contributed by atoms with E-state index in [4.69, 9.17) is 5.73 Å². The highest BCUT2D eigenvalue weighted by atomic mass is 32.2. The molecule has 5 heteroatoms. The zero-order valence-corrected chi connectivity index (χ0v) is 12.5. The molecule has 0 amide bonds. The van der Waals surface area contributed by atoms with Gasteiger partial charge in [0, 0.05) is 11.3 Å². The Bertz CT molecular complexity index is 654. The molecular weight excluding hydrogens is 285 g/mol. The molecule has 2 aromatic carbocycles. The summed E-state index contributed by atoms with van der Waals surface area (Å²) in [4.78, 5) is 0. The van der Waals surface area contributed by atoms with Gasteiger partial charge in [-0.1, -0.05) is 48.2 Å². The quantitative estimate of drug-likeness (QED) is 0.531. The van der Waals surface area contributed by atoms with Crippen molar-refractivity contribution in [2.24, 2.45) is 15.9 Å². The third-order valence-electron chi connectivity index (χ3n) is 2.82. The topological polar surface area (TPSA) is 50.7 Å². The molecule has 0 bridgehead atoms. The molecule has 0 fully saturated rings. The van der Waals surface area contributed by atoms with Crippen LogP contribution in [0.2, 0.25) is 0 Å². The van der Waals surface area contributed by atoms with Gasteiger partial charge in [-0.3, -0.25) is 0 Å². The second kappa shape index (κ2) is 7.59. The van der Waals surface area contributed by atoms with E-state index >= 15 is 0 Å². The second-order valence-corrected chi connectivity index (χ2v) is 5.45. The van der Waals surface area contributed by atoms with E-state index in [1.165, 1.54) is 35.7 Å². The summed E-state index contributed by atoms with van der Waals surface area (Å²) >= 11 is 1.41. The lowest BCUT2D eigenvalue weighted by Crippen LogP contribution is -2.06. The summed E-state index contributed by atoms with van der Waals surface area (Å²) < 4.78 is 13.1. The van der Waals surface area contributed by atoms with E-state index in [0.717, 1.165) is 11.3 Å². The minimum atomic E-state index is -0.294. The first-order valence-electron chi connectivity index (χ1n) is 6.44. The number of hydrogen-bond donors (Lipinski definition) is 1. The first-order chi connectivity index (χ1) is 10.1. The molecule has 3 nitrogen and oxygen atoms in total. The Morgan fingerprint density at radius 2 is 2.00 bits per heavy atom. The summed E-state index contributed by atoms with van der Waals surface area (Å²) in [5.41, 5.74) is 8.58. The summed E-state index contributed by atoms with van der Waals surface area (Å²) in [5, 5.41) is 8.19. The smallest absolute Gasteiger partial charge is 0.180 e. The Hall–Kier alpha value is -2.14. The van der Waals surface area contributed by atoms with Crippen LogP contribution in [0.1, 0.15) is 16.7 Å². The Morgan fingerprint density at radius 1 is 1.24 bits per heavy atom. The molecule has 0 heterocycles. The maximum Gasteiger partial charge on any atom is 0.180 e. The molecule has 0 saturated carbocycles. The Labute approximate surface area is 127 Å². The maximum atomic E-state index is 13.1. The van der Waals surface area contributed by atoms with Crippen molar-refractivity contribution in [2.75, 3.05) is 0 Å². The third kappa shape index (κ3) is 5.04. The first kappa shape index (κ1) is 15.3. The van der Waals surface area contributed by atoms with E-state index < -0.39 is 0 Å². The van der Waals surface area contributed by atoms with Gasteiger partial charge in [-0.25, -0.2) is 4.39 Å². The average Bonchev–Trinajstić information content (AvgIpc) is 2.50. The highest BCUT2D eigenvalue weighted by Gasteiger charge is 1.98. The Kier molecular flexibility index (Phi) is 5.51. The number of halogens is 1. The fraction of sp³-hybridized carbons (Fsp3) is 0.125. The van der Waals surface area contributed by atoms with E-state index in [-0.39, 0.29) is 5.82 Å². The van der Waals surface area contributed by atoms with Crippen LogP contribution >= 0.6 is 11.8 Å². The van der Waals surface area contributed by atoms with Crippen LogP contribution in [-0.4, -0.2) is 11.4 Å². The lowest BCUT2D eigenvalue weighted by atomic mass is 10.1. The molecule has 21 heavy (non-hydrogen) atoms. The van der Waals surface area contributed by atoms with Crippen LogP contribution in [0.3, 0.4) is 0 Å². The molecule has 108 valence electrons. The van der Waals surface area contributed by atoms with Gasteiger partial charge in [0.15, 0.2) is 5.17 Å². The van der Waals surface area contributed by atoms with Crippen LogP contribution in [0, 0.1) is 12.7 Å². The van der Waals surface area contributed by atoms with E-state index in [1.807, 2.05) is 37.3 Å². The molecule has 2 N–H and O–H groups in total. The average molecular weight is 301 g/mol. The SMILES string of the molecule is Cc1ccc(F)cc1C=NN=C(N)SCc1ccccc1. The van der Waals surface area contributed by atoms with Crippen LogP contribution in [0.25, 0.3) is 0 Å². The summed E-state index contributed by atoms with van der Waals surface area (Å²) in [6.45, 7) is 1.89. The number of aryl methyl sites for hydroxylation is 1. The molecule has 0 aliphatic rings. The van der Waals surface area contributed by atoms with Crippen molar-refractivity contribution in [1.29, 1.82) is 0 Å². The summed E-state index contributed by atoms with van der Waals surface area (Å²) in [7, 11) is 0. The number of nitrogens with two attached hydrogens (primary N) is 1. The molecule has 0 aliphatic carbocycles. The number of amidine groups is 1. The van der Waals surface area contributed by atoms with Crippen molar-refractivity contribution < 1.29 is 4.39 Å². The highest BCUT2D eigenvalue weighted by molar-refractivity contribution is 8.13. The van der Waals surface area contributed by atoms with E-state index in [1.54, 1.807) is 6.07 Å². The zero-order chi connectivity index (χ0) is 15.1. The largest absolute Gasteiger partial charge is 0.377 e. The summed E-state index contributed by atoms with van der Waals surface area (Å²) in [5.74, 6) is 0.447. The highest BCUT2D eigenvalue weighted by Crippen LogP contribution is 2.12. The van der Waals surface area contributed by atoms with E-state index in [0.29, 0.717) is 10.7 Å². The van der Waals surface area contributed by atoms with Crippen molar-refractivity contribution >= 4 is 23.1 Å². The van der Waals surface area contributed by atoms with Gasteiger partial charge in [0.2, 0.25) is 0 Å². The molecule has 0 atom stereocenters. The van der Waals surface area contributed by atoms with Crippen molar-refractivity contribution in [1.82, 2.24) is 0 Å². The van der Waals surface area contributed by atoms with E-state index in [9.17, 15) is 4.39 Å². The predicted molar refractivity (Wildman–Crippen MR) is 88.1 cm³/mol. The molecule has 0 saturated heterocycles. The van der Waals surface area contributed by atoms with Gasteiger partial charge in [-0.2, -0.15) is 5.10 Å². The van der Waals surface area contributed by atoms with Crippen molar-refractivity contribution in [3.8, 4) is 0 Å². The van der Waals surface area contributed by atoms with Gasteiger partial charge in [-0.05, 0) is 30.2 Å². The summed E-state index contributed by atoms with van der Waals surface area (Å²) in [6, 6.07) is 14.5. The van der Waals surface area contributed by atoms with Gasteiger partial charge < -0.3 is 5.73 Å². The van der Waals surface area contributed by atoms with Gasteiger partial charge >= 0.3 is 0 Å². The predicted octanol–water partition coefficient (Wildman–Crippen LogP) is 3.72. The van der Waals surface area contributed by atoms with Crippen LogP contribution in [0.5, 0.6) is 0 Å². The summed E-state index contributed by atoms with van der Waals surface area (Å²) in [6.07, 6.45) is 1.51. The lowest BCUT2D eigenvalue weighted by molar-refractivity contribution is 0.627. The monoisotopic (exact) mass is 301 g/mol. The van der Waals surface area contributed by atoms with Crippen molar-refractivity contribution in [3.05, 3.63) is 71.0 Å². The molecular formula is C16H16FN3S. The number of thioether (sulfide) groups is 1. The van der Waals surface area contributed by atoms with Crippen molar-refractivity contribution in [3.63, 3.8) is 0 Å².